The number of methoxy groups -OCH3 is 1. The molecule has 0 radical (unpaired) electrons. The molecule has 9 N–H and O–H groups in total. The molecule has 6 aromatic carbocycles. The quantitative estimate of drug-likeness (QED) is 0.0555. The Bertz CT molecular complexity index is 4200. The van der Waals surface area contributed by atoms with Crippen molar-refractivity contribution >= 4 is 64.8 Å². The average molecular weight is 1630 g/mol. The Morgan fingerprint density at radius 2 is 0.880 bits per heavy atom. The van der Waals surface area contributed by atoms with Gasteiger partial charge in [0.1, 0.15) is 84.4 Å². The minimum absolute atomic E-state index is 0.0525. The van der Waals surface area contributed by atoms with Gasteiger partial charge in [-0.15, -0.1) is 0 Å². The third-order valence-corrected chi connectivity index (χ3v) is 22.2. The molecule has 4 aliphatic rings. The Balaban J connectivity index is 0.000000219. The third kappa shape index (κ3) is 28.9. The van der Waals surface area contributed by atoms with Gasteiger partial charge >= 0.3 is 0 Å². The van der Waals surface area contributed by atoms with E-state index in [-0.39, 0.29) is 83.5 Å². The molecule has 1 unspecified atom stereocenters. The van der Waals surface area contributed by atoms with Gasteiger partial charge in [-0.05, 0) is 185 Å². The van der Waals surface area contributed by atoms with E-state index in [4.69, 9.17) is 30.5 Å². The zero-order valence-electron chi connectivity index (χ0n) is 69.7. The first-order valence-electron chi connectivity index (χ1n) is 41.3. The Kier molecular flexibility index (Phi) is 37.3. The van der Waals surface area contributed by atoms with Crippen LogP contribution in [-0.4, -0.2) is 209 Å². The SMILES string of the molecule is CCC(C)[C@@H]1NCCOc2ccccc2CCCNC(=O)[C@@H](Cc2ccc(OC)cc2)NC(=O)[C@@H](C)N(C)C1=O.CCC[C@@H]1NC[C@@H](C)Oc2ccccc2CCCNC(=O)[C@@H](Cc2ccc(F)cc2)NC(=O)[C@@H](C)N(C)C1=O.C[C@@H]1C(=O)N[C@H](Cc2ccc(Cl)cc2)C(=O)NCCCc2ccccc2OCCN[C@@H](C2CC2)C(=O)N1C. The lowest BCUT2D eigenvalue weighted by Crippen LogP contribution is -2.57. The van der Waals surface area contributed by atoms with E-state index < -0.39 is 54.2 Å². The minimum atomic E-state index is -0.881. The summed E-state index contributed by atoms with van der Waals surface area (Å²) in [5, 5.41) is 28.2. The van der Waals surface area contributed by atoms with Gasteiger partial charge in [-0.2, -0.15) is 0 Å². The van der Waals surface area contributed by atoms with E-state index in [0.29, 0.717) is 101 Å². The second kappa shape index (κ2) is 47.3. The summed E-state index contributed by atoms with van der Waals surface area (Å²) in [6, 6.07) is 37.9. The number of hydrogen-bond acceptors (Lipinski definition) is 16. The van der Waals surface area contributed by atoms with Crippen LogP contribution in [0.3, 0.4) is 0 Å². The average Bonchev–Trinajstić information content (AvgIpc) is 1.74. The predicted octanol–water partition coefficient (Wildman–Crippen LogP) is 8.43. The van der Waals surface area contributed by atoms with Crippen molar-refractivity contribution in [2.75, 3.05) is 80.7 Å². The molecule has 0 bridgehead atoms. The molecule has 6 aromatic rings. The van der Waals surface area contributed by atoms with Gasteiger partial charge in [0.15, 0.2) is 0 Å². The van der Waals surface area contributed by atoms with Crippen molar-refractivity contribution in [3.8, 4) is 23.0 Å². The number of likely N-dealkylation sites (N-methyl/N-ethyl adjacent to an activating group) is 3. The number of benzene rings is 6. The topological polar surface area (TPSA) is 309 Å². The molecular formula is C90H122ClFN12O13. The van der Waals surface area contributed by atoms with Crippen molar-refractivity contribution in [3.63, 3.8) is 0 Å². The summed E-state index contributed by atoms with van der Waals surface area (Å²) in [6.07, 6.45) is 9.06. The molecule has 0 spiro atoms. The van der Waals surface area contributed by atoms with E-state index >= 15 is 0 Å². The van der Waals surface area contributed by atoms with E-state index in [0.717, 1.165) is 96.4 Å². The van der Waals surface area contributed by atoms with Gasteiger partial charge in [-0.3, -0.25) is 43.2 Å². The first kappa shape index (κ1) is 92.4. The number of ether oxygens (including phenoxy) is 4. The van der Waals surface area contributed by atoms with E-state index in [2.05, 4.69) is 47.9 Å². The molecule has 10 rings (SSSR count). The van der Waals surface area contributed by atoms with Crippen LogP contribution in [-0.2, 0) is 81.7 Å². The summed E-state index contributed by atoms with van der Waals surface area (Å²) >= 11 is 6.03. The summed E-state index contributed by atoms with van der Waals surface area (Å²) in [6.45, 7) is 16.7. The fourth-order valence-electron chi connectivity index (χ4n) is 13.9. The normalized spacial score (nSPS) is 23.6. The van der Waals surface area contributed by atoms with E-state index in [1.165, 1.54) is 26.8 Å². The molecule has 25 nitrogen and oxygen atoms in total. The molecule has 3 heterocycles. The number of fused-ring (bicyclic) bond motifs is 3. The number of nitrogens with one attached hydrogen (secondary N) is 9. The monoisotopic (exact) mass is 1630 g/mol. The Labute approximate surface area is 694 Å². The van der Waals surface area contributed by atoms with Gasteiger partial charge in [-0.1, -0.05) is 136 Å². The molecule has 9 amide bonds. The van der Waals surface area contributed by atoms with Crippen molar-refractivity contribution in [1.82, 2.24) is 62.6 Å². The number of carbonyl (C=O) groups excluding carboxylic acids is 9. The molecule has 11 atom stereocenters. The highest BCUT2D eigenvalue weighted by molar-refractivity contribution is 6.30. The molecule has 0 aromatic heterocycles. The lowest BCUT2D eigenvalue weighted by atomic mass is 9.97. The van der Waals surface area contributed by atoms with Crippen molar-refractivity contribution in [3.05, 3.63) is 190 Å². The fourth-order valence-corrected chi connectivity index (χ4v) is 14.1. The van der Waals surface area contributed by atoms with Crippen LogP contribution in [0.25, 0.3) is 0 Å². The minimum Gasteiger partial charge on any atom is -0.497 e. The molecule has 1 saturated carbocycles. The molecule has 117 heavy (non-hydrogen) atoms. The van der Waals surface area contributed by atoms with E-state index in [9.17, 15) is 47.5 Å². The summed E-state index contributed by atoms with van der Waals surface area (Å²) in [5.74, 6) is 0.480. The van der Waals surface area contributed by atoms with Crippen molar-refractivity contribution in [2.45, 2.75) is 199 Å². The number of amides is 9. The van der Waals surface area contributed by atoms with Crippen LogP contribution in [0.4, 0.5) is 4.39 Å². The highest BCUT2D eigenvalue weighted by Gasteiger charge is 2.40. The van der Waals surface area contributed by atoms with Gasteiger partial charge < -0.3 is 81.5 Å². The van der Waals surface area contributed by atoms with Crippen LogP contribution in [0.1, 0.15) is 133 Å². The molecular weight excluding hydrogens is 1510 g/mol. The number of rotatable bonds is 12. The Morgan fingerprint density at radius 3 is 1.32 bits per heavy atom. The number of carbonyl (C=O) groups is 9. The first-order valence-corrected chi connectivity index (χ1v) is 41.7. The van der Waals surface area contributed by atoms with Gasteiger partial charge in [0.2, 0.25) is 53.2 Å². The first-order chi connectivity index (χ1) is 56.3. The number of halogens is 2. The number of nitrogens with zero attached hydrogens (tertiary/aromatic N) is 3. The Morgan fingerprint density at radius 1 is 0.479 bits per heavy atom. The van der Waals surface area contributed by atoms with Crippen LogP contribution in [0, 0.1) is 17.7 Å². The number of para-hydroxylation sites is 3. The lowest BCUT2D eigenvalue weighted by molar-refractivity contribution is -0.141. The fraction of sp³-hybridized carbons (Fsp3) is 0.500. The summed E-state index contributed by atoms with van der Waals surface area (Å²) in [4.78, 5) is 124. The maximum absolute atomic E-state index is 13.5. The van der Waals surface area contributed by atoms with Crippen LogP contribution >= 0.6 is 11.6 Å². The molecule has 27 heteroatoms. The summed E-state index contributed by atoms with van der Waals surface area (Å²) in [7, 11) is 6.47. The molecule has 1 aliphatic carbocycles. The van der Waals surface area contributed by atoms with Gasteiger partial charge in [0.25, 0.3) is 0 Å². The van der Waals surface area contributed by atoms with Crippen molar-refractivity contribution in [2.24, 2.45) is 11.8 Å². The second-order valence-corrected chi connectivity index (χ2v) is 31.2. The van der Waals surface area contributed by atoms with Crippen molar-refractivity contribution in [1.29, 1.82) is 0 Å². The van der Waals surface area contributed by atoms with Gasteiger partial charge in [0.05, 0.1) is 25.2 Å². The van der Waals surface area contributed by atoms with Crippen LogP contribution in [0.2, 0.25) is 5.02 Å². The third-order valence-electron chi connectivity index (χ3n) is 22.0. The number of aryl methyl sites for hydroxylation is 3. The predicted molar refractivity (Wildman–Crippen MR) is 451 cm³/mol. The van der Waals surface area contributed by atoms with E-state index in [1.54, 1.807) is 73.3 Å². The highest BCUT2D eigenvalue weighted by atomic mass is 35.5. The Hall–Kier alpha value is -10.2. The highest BCUT2D eigenvalue weighted by Crippen LogP contribution is 2.34. The molecule has 1 fully saturated rings. The molecule has 3 aliphatic heterocycles. The van der Waals surface area contributed by atoms with Crippen LogP contribution < -0.4 is 66.8 Å². The summed E-state index contributed by atoms with van der Waals surface area (Å²) in [5.41, 5.74) is 5.63. The van der Waals surface area contributed by atoms with Gasteiger partial charge in [-0.25, -0.2) is 4.39 Å². The maximum Gasteiger partial charge on any atom is 0.243 e. The standard InChI is InChI=1S/C31H44N4O5.C30H41FN4O4.C29H37ClN4O4/c1-6-21(2)28-31(38)35(4)22(3)29(36)34-26(20-23-13-15-25(39-5)16-14-23)30(37)33-17-9-11-24-10-7-8-12-27(24)40-19-18-32-28;1-5-9-25-30(38)35(4)21(3)28(36)34-26(18-22-13-15-24(31)16-14-22)29(37)32-17-8-11-23-10-6-7-12-27(23)39-20(2)19-33-25;1-19-27(35)33-24(18-20-9-13-23(30)14-10-20)28(36)32-15-5-7-21-6-3-4-8-25(21)38-17-16-31-26(22-11-12-22)29(37)34(19)2/h7-8,10,12-16,21-22,26,28,32H,6,9,11,17-20H2,1-5H3,(H,33,37)(H,34,36);6-7,10,12-16,20-21,25-26,33H,5,8-9,11,17-19H2,1-4H3,(H,32,37)(H,34,36);3-4,6,8-10,13-14,19,22,24,26,31H,5,7,11-12,15-18H2,1-2H3,(H,32,36)(H,33,35)/t21?,22-,26-,28+;20-,21-,25+,26-;19-,24-,26+/m111/s1. The molecule has 634 valence electrons. The van der Waals surface area contributed by atoms with Gasteiger partial charge in [0, 0.05) is 84.7 Å². The zero-order valence-corrected chi connectivity index (χ0v) is 70.5. The zero-order chi connectivity index (χ0) is 84.5. The van der Waals surface area contributed by atoms with E-state index in [1.807, 2.05) is 137 Å². The van der Waals surface area contributed by atoms with Crippen LogP contribution in [0.5, 0.6) is 23.0 Å². The largest absolute Gasteiger partial charge is 0.497 e. The maximum atomic E-state index is 13.5. The van der Waals surface area contributed by atoms with Crippen molar-refractivity contribution < 1.29 is 66.5 Å². The number of hydrogen-bond donors (Lipinski definition) is 9. The summed E-state index contributed by atoms with van der Waals surface area (Å²) < 4.78 is 37.0. The van der Waals surface area contributed by atoms with Crippen LogP contribution in [0.15, 0.2) is 146 Å². The smallest absolute Gasteiger partial charge is 0.243 e. The molecule has 0 saturated heterocycles. The lowest BCUT2D eigenvalue weighted by Gasteiger charge is -2.32. The second-order valence-electron chi connectivity index (χ2n) is 30.7.